The minimum atomic E-state index is -0.470. The minimum absolute atomic E-state index is 0.222. The first kappa shape index (κ1) is 16.9. The number of esters is 1. The number of halogens is 2. The van der Waals surface area contributed by atoms with Crippen LogP contribution in [0.25, 0.3) is 5.82 Å². The van der Waals surface area contributed by atoms with Gasteiger partial charge in [0.1, 0.15) is 4.60 Å². The molecule has 0 N–H and O–H groups in total. The molecule has 0 aliphatic carbocycles. The van der Waals surface area contributed by atoms with Crippen molar-refractivity contribution in [2.24, 2.45) is 0 Å². The van der Waals surface area contributed by atoms with E-state index < -0.39 is 5.97 Å². The number of rotatable bonds is 4. The van der Waals surface area contributed by atoms with Crippen LogP contribution in [0, 0.1) is 0 Å². The first-order valence-corrected chi connectivity index (χ1v) is 9.47. The van der Waals surface area contributed by atoms with E-state index in [1.54, 1.807) is 22.8 Å². The van der Waals surface area contributed by atoms with E-state index in [4.69, 9.17) is 9.47 Å². The fourth-order valence-corrected chi connectivity index (χ4v) is 4.38. The maximum absolute atomic E-state index is 11.9. The zero-order valence-electron chi connectivity index (χ0n) is 12.3. The topological polar surface area (TPSA) is 69.5 Å². The SMILES string of the molecule is CCOC(=O)c1nc(Br)n(-c2csc(N3CCOCC3)n2)c1Br. The van der Waals surface area contributed by atoms with Crippen molar-refractivity contribution in [2.45, 2.75) is 6.92 Å². The molecule has 0 spiro atoms. The first-order valence-electron chi connectivity index (χ1n) is 7.01. The summed E-state index contributed by atoms with van der Waals surface area (Å²) in [6.07, 6.45) is 0. The summed E-state index contributed by atoms with van der Waals surface area (Å²) in [6, 6.07) is 0. The van der Waals surface area contributed by atoms with Crippen LogP contribution in [-0.2, 0) is 9.47 Å². The lowest BCUT2D eigenvalue weighted by atomic mass is 10.5. The molecule has 1 aliphatic rings. The van der Waals surface area contributed by atoms with Crippen LogP contribution in [0.3, 0.4) is 0 Å². The van der Waals surface area contributed by atoms with E-state index in [1.165, 1.54) is 0 Å². The van der Waals surface area contributed by atoms with Gasteiger partial charge in [0.05, 0.1) is 19.8 Å². The van der Waals surface area contributed by atoms with Gasteiger partial charge in [0.2, 0.25) is 0 Å². The molecular formula is C13H14Br2N4O3S. The molecular weight excluding hydrogens is 452 g/mol. The second-order valence-electron chi connectivity index (χ2n) is 4.66. The molecule has 124 valence electrons. The molecule has 0 aromatic carbocycles. The Morgan fingerprint density at radius 3 is 2.83 bits per heavy atom. The number of hydrogen-bond acceptors (Lipinski definition) is 7. The molecule has 0 radical (unpaired) electrons. The van der Waals surface area contributed by atoms with Gasteiger partial charge >= 0.3 is 5.97 Å². The quantitative estimate of drug-likeness (QED) is 0.646. The predicted octanol–water partition coefficient (Wildman–Crippen LogP) is 2.87. The van der Waals surface area contributed by atoms with Gasteiger partial charge in [-0.3, -0.25) is 4.57 Å². The predicted molar refractivity (Wildman–Crippen MR) is 93.6 cm³/mol. The van der Waals surface area contributed by atoms with Crippen LogP contribution >= 0.6 is 43.2 Å². The highest BCUT2D eigenvalue weighted by Crippen LogP contribution is 2.30. The summed E-state index contributed by atoms with van der Waals surface area (Å²) in [5.41, 5.74) is 0.222. The molecule has 1 fully saturated rings. The highest BCUT2D eigenvalue weighted by molar-refractivity contribution is 9.11. The van der Waals surface area contributed by atoms with E-state index in [2.05, 4.69) is 46.7 Å². The monoisotopic (exact) mass is 464 g/mol. The molecule has 23 heavy (non-hydrogen) atoms. The third kappa shape index (κ3) is 3.44. The summed E-state index contributed by atoms with van der Waals surface area (Å²) in [4.78, 5) is 23.0. The second-order valence-corrected chi connectivity index (χ2v) is 6.96. The molecule has 3 heterocycles. The minimum Gasteiger partial charge on any atom is -0.461 e. The zero-order valence-corrected chi connectivity index (χ0v) is 16.3. The molecule has 3 rings (SSSR count). The van der Waals surface area contributed by atoms with Crippen molar-refractivity contribution in [3.63, 3.8) is 0 Å². The average molecular weight is 466 g/mol. The Kier molecular flexibility index (Phi) is 5.34. The molecule has 2 aromatic heterocycles. The van der Waals surface area contributed by atoms with Crippen molar-refractivity contribution < 1.29 is 14.3 Å². The van der Waals surface area contributed by atoms with Crippen LogP contribution in [-0.4, -0.2) is 53.4 Å². The molecule has 0 unspecified atom stereocenters. The third-order valence-corrected chi connectivity index (χ3v) is 5.39. The van der Waals surface area contributed by atoms with Gasteiger partial charge in [-0.2, -0.15) is 0 Å². The normalized spacial score (nSPS) is 15.0. The van der Waals surface area contributed by atoms with E-state index in [0.29, 0.717) is 35.0 Å². The van der Waals surface area contributed by atoms with Crippen molar-refractivity contribution in [1.29, 1.82) is 0 Å². The van der Waals surface area contributed by atoms with Gasteiger partial charge in [-0.05, 0) is 38.8 Å². The van der Waals surface area contributed by atoms with Crippen molar-refractivity contribution in [3.05, 3.63) is 20.4 Å². The van der Waals surface area contributed by atoms with Crippen molar-refractivity contribution in [1.82, 2.24) is 14.5 Å². The van der Waals surface area contributed by atoms with Crippen LogP contribution in [0.5, 0.6) is 0 Å². The number of anilines is 1. The number of thiazole rings is 1. The lowest BCUT2D eigenvalue weighted by molar-refractivity contribution is 0.0518. The number of ether oxygens (including phenoxy) is 2. The first-order chi connectivity index (χ1) is 11.1. The summed E-state index contributed by atoms with van der Waals surface area (Å²) < 4.78 is 13.1. The number of imidazole rings is 1. The van der Waals surface area contributed by atoms with E-state index >= 15 is 0 Å². The Morgan fingerprint density at radius 2 is 2.13 bits per heavy atom. The van der Waals surface area contributed by atoms with E-state index in [0.717, 1.165) is 18.2 Å². The number of morpholine rings is 1. The Balaban J connectivity index is 1.90. The van der Waals surface area contributed by atoms with E-state index in [1.807, 2.05) is 5.38 Å². The van der Waals surface area contributed by atoms with Gasteiger partial charge in [-0.25, -0.2) is 14.8 Å². The highest BCUT2D eigenvalue weighted by atomic mass is 79.9. The van der Waals surface area contributed by atoms with Crippen LogP contribution in [0.4, 0.5) is 5.13 Å². The molecule has 0 amide bonds. The molecule has 0 saturated carbocycles. The molecule has 0 bridgehead atoms. The fourth-order valence-electron chi connectivity index (χ4n) is 2.16. The lowest BCUT2D eigenvalue weighted by Crippen LogP contribution is -2.36. The summed E-state index contributed by atoms with van der Waals surface area (Å²) >= 11 is 8.34. The van der Waals surface area contributed by atoms with E-state index in [-0.39, 0.29) is 5.69 Å². The Bertz CT molecular complexity index is 712. The van der Waals surface area contributed by atoms with Gasteiger partial charge in [0.25, 0.3) is 0 Å². The van der Waals surface area contributed by atoms with Gasteiger partial charge in [-0.15, -0.1) is 11.3 Å². The molecule has 0 atom stereocenters. The van der Waals surface area contributed by atoms with Crippen LogP contribution in [0.2, 0.25) is 0 Å². The fraction of sp³-hybridized carbons (Fsp3) is 0.462. The Labute approximate surface area is 153 Å². The van der Waals surface area contributed by atoms with Crippen LogP contribution in [0.1, 0.15) is 17.4 Å². The van der Waals surface area contributed by atoms with Gasteiger partial charge in [0.15, 0.2) is 21.4 Å². The second kappa shape index (κ2) is 7.29. The maximum atomic E-state index is 11.9. The van der Waals surface area contributed by atoms with Gasteiger partial charge < -0.3 is 14.4 Å². The molecule has 2 aromatic rings. The maximum Gasteiger partial charge on any atom is 0.359 e. The number of nitrogens with zero attached hydrogens (tertiary/aromatic N) is 4. The van der Waals surface area contributed by atoms with Crippen LogP contribution in [0.15, 0.2) is 14.7 Å². The smallest absolute Gasteiger partial charge is 0.359 e. The number of hydrogen-bond donors (Lipinski definition) is 0. The zero-order chi connectivity index (χ0) is 16.4. The van der Waals surface area contributed by atoms with E-state index in [9.17, 15) is 4.79 Å². The molecule has 1 saturated heterocycles. The van der Waals surface area contributed by atoms with Crippen LogP contribution < -0.4 is 4.90 Å². The van der Waals surface area contributed by atoms with Crippen molar-refractivity contribution in [3.8, 4) is 5.82 Å². The van der Waals surface area contributed by atoms with Crippen molar-refractivity contribution in [2.75, 3.05) is 37.8 Å². The Morgan fingerprint density at radius 1 is 1.39 bits per heavy atom. The van der Waals surface area contributed by atoms with Gasteiger partial charge in [0, 0.05) is 18.5 Å². The Hall–Kier alpha value is -0.970. The molecule has 10 heteroatoms. The standard InChI is InChI=1S/C13H14Br2N4O3S/c1-2-22-11(20)9-10(14)19(12(15)17-9)8-7-23-13(16-8)18-3-5-21-6-4-18/h7H,2-6H2,1H3. The number of aromatic nitrogens is 3. The number of carbonyl (C=O) groups is 1. The van der Waals surface area contributed by atoms with Crippen molar-refractivity contribution >= 4 is 54.3 Å². The van der Waals surface area contributed by atoms with Gasteiger partial charge in [-0.1, -0.05) is 0 Å². The summed E-state index contributed by atoms with van der Waals surface area (Å²) in [5.74, 6) is 0.223. The summed E-state index contributed by atoms with van der Waals surface area (Å²) in [5, 5.41) is 2.85. The summed E-state index contributed by atoms with van der Waals surface area (Å²) in [7, 11) is 0. The summed E-state index contributed by atoms with van der Waals surface area (Å²) in [6.45, 7) is 5.13. The molecule has 7 nitrogen and oxygen atoms in total. The average Bonchev–Trinajstić information content (AvgIpc) is 3.13. The lowest BCUT2D eigenvalue weighted by Gasteiger charge is -2.25. The highest BCUT2D eigenvalue weighted by Gasteiger charge is 2.24. The number of carbonyl (C=O) groups excluding carboxylic acids is 1. The third-order valence-electron chi connectivity index (χ3n) is 3.24. The largest absolute Gasteiger partial charge is 0.461 e. The molecule has 1 aliphatic heterocycles.